The van der Waals surface area contributed by atoms with E-state index < -0.39 is 30.0 Å². The van der Waals surface area contributed by atoms with Crippen molar-refractivity contribution in [3.8, 4) is 0 Å². The number of carbonyl (C=O) groups is 4. The van der Waals surface area contributed by atoms with Gasteiger partial charge in [0.2, 0.25) is 0 Å². The maximum absolute atomic E-state index is 12.1. The third kappa shape index (κ3) is 27.0. The van der Waals surface area contributed by atoms with Crippen LogP contribution in [0.4, 0.5) is 0 Å². The summed E-state index contributed by atoms with van der Waals surface area (Å²) in [5.41, 5.74) is 0. The van der Waals surface area contributed by atoms with Crippen molar-refractivity contribution in [1.82, 2.24) is 0 Å². The molecule has 0 rings (SSSR count). The van der Waals surface area contributed by atoms with Gasteiger partial charge in [-0.1, -0.05) is 117 Å². The molecule has 0 unspecified atom stereocenters. The summed E-state index contributed by atoms with van der Waals surface area (Å²) < 4.78 is 15.6. The van der Waals surface area contributed by atoms with E-state index in [4.69, 9.17) is 19.3 Å². The van der Waals surface area contributed by atoms with Crippen LogP contribution < -0.4 is 0 Å². The molecule has 0 aliphatic carbocycles. The van der Waals surface area contributed by atoms with Crippen LogP contribution in [0.25, 0.3) is 0 Å². The average Bonchev–Trinajstić information content (AvgIpc) is 2.91. The molecule has 0 aromatic heterocycles. The lowest BCUT2D eigenvalue weighted by atomic mass is 10.1. The molecule has 0 atom stereocenters. The number of esters is 3. The van der Waals surface area contributed by atoms with Crippen LogP contribution in [-0.4, -0.2) is 48.3 Å². The summed E-state index contributed by atoms with van der Waals surface area (Å²) >= 11 is 0. The maximum Gasteiger partial charge on any atom is 0.331 e. The predicted octanol–water partition coefficient (Wildman–Crippen LogP) is 7.47. The minimum absolute atomic E-state index is 0.256. The lowest BCUT2D eigenvalue weighted by molar-refractivity contribution is -0.163. The van der Waals surface area contributed by atoms with Crippen LogP contribution in [0.5, 0.6) is 0 Å². The Kier molecular flexibility index (Phi) is 25.5. The molecule has 0 aromatic carbocycles. The lowest BCUT2D eigenvalue weighted by Crippen LogP contribution is -2.30. The van der Waals surface area contributed by atoms with E-state index in [2.05, 4.69) is 13.8 Å². The van der Waals surface area contributed by atoms with Crippen molar-refractivity contribution >= 4 is 23.9 Å². The molecule has 0 fully saturated rings. The van der Waals surface area contributed by atoms with Crippen molar-refractivity contribution in [3.05, 3.63) is 12.2 Å². The number of ether oxygens (including phenoxy) is 3. The van der Waals surface area contributed by atoms with Crippen LogP contribution >= 0.6 is 0 Å². The Hall–Kier alpha value is -2.38. The van der Waals surface area contributed by atoms with E-state index in [-0.39, 0.29) is 26.1 Å². The number of rotatable bonds is 27. The number of hydrogen-bond acceptors (Lipinski definition) is 7. The Morgan fingerprint density at radius 1 is 0.564 bits per heavy atom. The minimum Gasteiger partial charge on any atom is -0.478 e. The van der Waals surface area contributed by atoms with Gasteiger partial charge in [-0.2, -0.15) is 0 Å². The van der Waals surface area contributed by atoms with E-state index in [9.17, 15) is 19.2 Å². The highest BCUT2D eigenvalue weighted by Crippen LogP contribution is 2.12. The highest BCUT2D eigenvalue weighted by Gasteiger charge is 2.18. The summed E-state index contributed by atoms with van der Waals surface area (Å²) in [5.74, 6) is -3.00. The van der Waals surface area contributed by atoms with Gasteiger partial charge >= 0.3 is 23.9 Å². The molecule has 0 saturated heterocycles. The number of unbranched alkanes of at least 4 members (excludes halogenated alkanes) is 16. The second-order valence-corrected chi connectivity index (χ2v) is 10.3. The van der Waals surface area contributed by atoms with E-state index in [0.29, 0.717) is 6.08 Å². The molecule has 8 nitrogen and oxygen atoms in total. The fraction of sp³-hybridized carbons (Fsp3) is 0.806. The van der Waals surface area contributed by atoms with Crippen LogP contribution in [0, 0.1) is 0 Å². The Morgan fingerprint density at radius 3 is 1.28 bits per heavy atom. The lowest BCUT2D eigenvalue weighted by Gasteiger charge is -2.17. The van der Waals surface area contributed by atoms with Crippen LogP contribution in [0.15, 0.2) is 12.2 Å². The van der Waals surface area contributed by atoms with Crippen molar-refractivity contribution < 1.29 is 38.5 Å². The highest BCUT2D eigenvalue weighted by atomic mass is 16.6. The fourth-order valence-corrected chi connectivity index (χ4v) is 4.14. The van der Waals surface area contributed by atoms with E-state index in [1.165, 1.54) is 77.0 Å². The summed E-state index contributed by atoms with van der Waals surface area (Å²) in [4.78, 5) is 46.8. The highest BCUT2D eigenvalue weighted by molar-refractivity contribution is 5.90. The molecule has 0 aliphatic heterocycles. The summed E-state index contributed by atoms with van der Waals surface area (Å²) in [5, 5.41) is 8.69. The predicted molar refractivity (Wildman–Crippen MR) is 152 cm³/mol. The molecule has 39 heavy (non-hydrogen) atoms. The minimum atomic E-state index is -1.29. The third-order valence-corrected chi connectivity index (χ3v) is 6.47. The largest absolute Gasteiger partial charge is 0.478 e. The molecule has 0 amide bonds. The molecule has 0 aromatic rings. The molecule has 0 spiro atoms. The molecule has 0 heterocycles. The van der Waals surface area contributed by atoms with Gasteiger partial charge in [0.05, 0.1) is 0 Å². The number of hydrogen-bond donors (Lipinski definition) is 1. The van der Waals surface area contributed by atoms with Gasteiger partial charge in [-0.05, 0) is 12.8 Å². The second-order valence-electron chi connectivity index (χ2n) is 10.3. The van der Waals surface area contributed by atoms with Gasteiger partial charge in [0.25, 0.3) is 0 Å². The van der Waals surface area contributed by atoms with Gasteiger partial charge in [0, 0.05) is 25.0 Å². The van der Waals surface area contributed by atoms with Gasteiger partial charge in [-0.25, -0.2) is 9.59 Å². The summed E-state index contributed by atoms with van der Waals surface area (Å²) in [6.45, 7) is 3.89. The average molecular weight is 555 g/mol. The van der Waals surface area contributed by atoms with Gasteiger partial charge in [0.15, 0.2) is 6.10 Å². The zero-order valence-electron chi connectivity index (χ0n) is 24.6. The van der Waals surface area contributed by atoms with Gasteiger partial charge in [-0.3, -0.25) is 9.59 Å². The second kappa shape index (κ2) is 27.2. The standard InChI is InChI=1S/C31H54O8/c1-3-5-7-9-11-13-15-17-19-21-29(34)37-25-27(39-31(36)24-23-28(32)33)26-38-30(35)22-20-18-16-14-12-10-8-6-4-2/h23-24,27H,3-22,25-26H2,1-2H3,(H,32,33)/b24-23+. The Labute approximate surface area is 236 Å². The van der Waals surface area contributed by atoms with E-state index >= 15 is 0 Å². The van der Waals surface area contributed by atoms with Crippen LogP contribution in [0.1, 0.15) is 142 Å². The Bertz CT molecular complexity index is 636. The molecule has 1 N–H and O–H groups in total. The van der Waals surface area contributed by atoms with Crippen molar-refractivity contribution in [1.29, 1.82) is 0 Å². The van der Waals surface area contributed by atoms with Crippen molar-refractivity contribution in [2.24, 2.45) is 0 Å². The fourth-order valence-electron chi connectivity index (χ4n) is 4.14. The van der Waals surface area contributed by atoms with Gasteiger partial charge < -0.3 is 19.3 Å². The first-order chi connectivity index (χ1) is 18.9. The van der Waals surface area contributed by atoms with E-state index in [1.807, 2.05) is 0 Å². The topological polar surface area (TPSA) is 116 Å². The number of carbonyl (C=O) groups excluding carboxylic acids is 3. The molecule has 0 saturated carbocycles. The quantitative estimate of drug-likeness (QED) is 0.0481. The van der Waals surface area contributed by atoms with Crippen LogP contribution in [0.2, 0.25) is 0 Å². The summed E-state index contributed by atoms with van der Waals surface area (Å²) in [6, 6.07) is 0. The zero-order valence-corrected chi connectivity index (χ0v) is 24.6. The number of carboxylic acid groups (broad SMARTS) is 1. The molecule has 0 bridgehead atoms. The van der Waals surface area contributed by atoms with E-state index in [0.717, 1.165) is 44.6 Å². The zero-order chi connectivity index (χ0) is 29.0. The van der Waals surface area contributed by atoms with Crippen LogP contribution in [0.3, 0.4) is 0 Å². The van der Waals surface area contributed by atoms with E-state index in [1.54, 1.807) is 0 Å². The smallest absolute Gasteiger partial charge is 0.331 e. The third-order valence-electron chi connectivity index (χ3n) is 6.47. The molecule has 0 aliphatic rings. The maximum atomic E-state index is 12.1. The number of carboxylic acids is 1. The first-order valence-corrected chi connectivity index (χ1v) is 15.3. The van der Waals surface area contributed by atoms with Crippen LogP contribution in [-0.2, 0) is 33.4 Å². The summed E-state index contributed by atoms with van der Waals surface area (Å²) in [7, 11) is 0. The molecule has 0 radical (unpaired) electrons. The normalized spacial score (nSPS) is 11.2. The van der Waals surface area contributed by atoms with Crippen molar-refractivity contribution in [2.75, 3.05) is 13.2 Å². The molecule has 8 heteroatoms. The Morgan fingerprint density at radius 2 is 0.923 bits per heavy atom. The number of aliphatic carboxylic acids is 1. The summed E-state index contributed by atoms with van der Waals surface area (Å²) in [6.07, 6.45) is 21.5. The Balaban J connectivity index is 4.26. The first kappa shape index (κ1) is 36.6. The van der Waals surface area contributed by atoms with Crippen molar-refractivity contribution in [2.45, 2.75) is 148 Å². The van der Waals surface area contributed by atoms with Crippen molar-refractivity contribution in [3.63, 3.8) is 0 Å². The van der Waals surface area contributed by atoms with Gasteiger partial charge in [-0.15, -0.1) is 0 Å². The van der Waals surface area contributed by atoms with Gasteiger partial charge in [0.1, 0.15) is 13.2 Å². The molecular formula is C31H54O8. The molecule has 226 valence electrons. The monoisotopic (exact) mass is 554 g/mol. The first-order valence-electron chi connectivity index (χ1n) is 15.3. The SMILES string of the molecule is CCCCCCCCCCCC(=O)OCC(COC(=O)CCCCCCCCCCC)OC(=O)/C=C/C(=O)O. The molecular weight excluding hydrogens is 500 g/mol.